The molecule has 106 valence electrons. The van der Waals surface area contributed by atoms with E-state index in [1.807, 2.05) is 0 Å². The van der Waals surface area contributed by atoms with E-state index in [0.29, 0.717) is 5.41 Å². The molecule has 1 saturated carbocycles. The quantitative estimate of drug-likeness (QED) is 0.874. The molecule has 2 heteroatoms. The fraction of sp³-hybridized carbons (Fsp3) is 0.647. The molecular weight excluding hydrogens is 232 g/mol. The Kier molecular flexibility index (Phi) is 4.87. The lowest BCUT2D eigenvalue weighted by Gasteiger charge is -2.41. The van der Waals surface area contributed by atoms with Crippen molar-refractivity contribution in [2.75, 3.05) is 24.5 Å². The second-order valence-corrected chi connectivity index (χ2v) is 6.07. The smallest absolute Gasteiger partial charge is 0.0396 e. The van der Waals surface area contributed by atoms with E-state index in [4.69, 9.17) is 5.73 Å². The Morgan fingerprint density at radius 2 is 1.84 bits per heavy atom. The van der Waals surface area contributed by atoms with Crippen LogP contribution in [0.5, 0.6) is 0 Å². The van der Waals surface area contributed by atoms with Crippen molar-refractivity contribution in [3.8, 4) is 0 Å². The molecule has 0 amide bonds. The van der Waals surface area contributed by atoms with Crippen molar-refractivity contribution in [1.82, 2.24) is 0 Å². The van der Waals surface area contributed by atoms with Crippen LogP contribution in [0.2, 0.25) is 0 Å². The van der Waals surface area contributed by atoms with Crippen LogP contribution in [-0.2, 0) is 0 Å². The molecule has 1 aromatic carbocycles. The summed E-state index contributed by atoms with van der Waals surface area (Å²) in [5.74, 6) is 0. The molecule has 1 aliphatic rings. The minimum absolute atomic E-state index is 0.344. The van der Waals surface area contributed by atoms with Crippen LogP contribution >= 0.6 is 0 Å². The Hall–Kier alpha value is -1.02. The molecule has 0 bridgehead atoms. The molecule has 2 N–H and O–H groups in total. The molecule has 1 aliphatic carbocycles. The number of nitrogens with zero attached hydrogens (tertiary/aromatic N) is 1. The van der Waals surface area contributed by atoms with E-state index in [1.165, 1.54) is 43.4 Å². The maximum Gasteiger partial charge on any atom is 0.0396 e. The predicted molar refractivity (Wildman–Crippen MR) is 83.6 cm³/mol. The highest BCUT2D eigenvalue weighted by Crippen LogP contribution is 2.37. The average Bonchev–Trinajstić information content (AvgIpc) is 2.47. The Labute approximate surface area is 118 Å². The first-order chi connectivity index (χ1) is 9.21. The van der Waals surface area contributed by atoms with Crippen LogP contribution in [0.4, 0.5) is 5.69 Å². The predicted octanol–water partition coefficient (Wildman–Crippen LogP) is 3.73. The molecule has 0 heterocycles. The third kappa shape index (κ3) is 3.30. The molecule has 1 fully saturated rings. The second-order valence-electron chi connectivity index (χ2n) is 6.07. The standard InChI is InChI=1S/C17H28N2/c1-3-19(16-10-6-5-9-15(16)2)14-17(13-18)11-7-4-8-12-17/h5-6,9-10H,3-4,7-8,11-14,18H2,1-2H3. The lowest BCUT2D eigenvalue weighted by Crippen LogP contribution is -2.44. The topological polar surface area (TPSA) is 29.3 Å². The highest BCUT2D eigenvalue weighted by atomic mass is 15.1. The molecule has 0 saturated heterocycles. The van der Waals surface area contributed by atoms with Crippen molar-refractivity contribution in [1.29, 1.82) is 0 Å². The molecule has 0 radical (unpaired) electrons. The van der Waals surface area contributed by atoms with Gasteiger partial charge in [0.15, 0.2) is 0 Å². The van der Waals surface area contributed by atoms with Crippen LogP contribution in [0.3, 0.4) is 0 Å². The first-order valence-electron chi connectivity index (χ1n) is 7.71. The number of rotatable bonds is 5. The zero-order valence-corrected chi connectivity index (χ0v) is 12.5. The number of para-hydroxylation sites is 1. The molecule has 0 aromatic heterocycles. The molecule has 19 heavy (non-hydrogen) atoms. The average molecular weight is 260 g/mol. The number of benzene rings is 1. The van der Waals surface area contributed by atoms with Crippen molar-refractivity contribution in [2.24, 2.45) is 11.1 Å². The zero-order chi connectivity index (χ0) is 13.7. The Balaban J connectivity index is 2.16. The third-order valence-electron chi connectivity index (χ3n) is 4.71. The van der Waals surface area contributed by atoms with E-state index in [0.717, 1.165) is 19.6 Å². The van der Waals surface area contributed by atoms with E-state index in [9.17, 15) is 0 Å². The fourth-order valence-corrected chi connectivity index (χ4v) is 3.42. The summed E-state index contributed by atoms with van der Waals surface area (Å²) in [4.78, 5) is 2.52. The Bertz CT molecular complexity index is 394. The summed E-state index contributed by atoms with van der Waals surface area (Å²) in [6.07, 6.45) is 6.68. The Morgan fingerprint density at radius 3 is 2.42 bits per heavy atom. The van der Waals surface area contributed by atoms with Gasteiger partial charge in [0.1, 0.15) is 0 Å². The highest BCUT2D eigenvalue weighted by molar-refractivity contribution is 5.53. The van der Waals surface area contributed by atoms with Gasteiger partial charge in [-0.3, -0.25) is 0 Å². The SMILES string of the molecule is CCN(CC1(CN)CCCCC1)c1ccccc1C. The molecule has 2 rings (SSSR count). The van der Waals surface area contributed by atoms with Crippen LogP contribution in [0.25, 0.3) is 0 Å². The number of anilines is 1. The minimum Gasteiger partial charge on any atom is -0.371 e. The van der Waals surface area contributed by atoms with Crippen molar-refractivity contribution in [2.45, 2.75) is 46.0 Å². The van der Waals surface area contributed by atoms with Crippen LogP contribution in [-0.4, -0.2) is 19.6 Å². The van der Waals surface area contributed by atoms with Gasteiger partial charge in [0.05, 0.1) is 0 Å². The van der Waals surface area contributed by atoms with Gasteiger partial charge in [0.2, 0.25) is 0 Å². The number of hydrogen-bond acceptors (Lipinski definition) is 2. The number of aryl methyl sites for hydroxylation is 1. The number of nitrogens with two attached hydrogens (primary N) is 1. The van der Waals surface area contributed by atoms with Gasteiger partial charge in [-0.05, 0) is 44.9 Å². The van der Waals surface area contributed by atoms with Crippen molar-refractivity contribution in [3.63, 3.8) is 0 Å². The van der Waals surface area contributed by atoms with Gasteiger partial charge in [-0.2, -0.15) is 0 Å². The van der Waals surface area contributed by atoms with E-state index >= 15 is 0 Å². The van der Waals surface area contributed by atoms with Crippen LogP contribution < -0.4 is 10.6 Å². The van der Waals surface area contributed by atoms with E-state index in [1.54, 1.807) is 0 Å². The highest BCUT2D eigenvalue weighted by Gasteiger charge is 2.32. The lowest BCUT2D eigenvalue weighted by molar-refractivity contribution is 0.204. The summed E-state index contributed by atoms with van der Waals surface area (Å²) in [5.41, 5.74) is 9.22. The van der Waals surface area contributed by atoms with E-state index in [-0.39, 0.29) is 0 Å². The summed E-state index contributed by atoms with van der Waals surface area (Å²) in [6, 6.07) is 8.70. The summed E-state index contributed by atoms with van der Waals surface area (Å²) < 4.78 is 0. The summed E-state index contributed by atoms with van der Waals surface area (Å²) >= 11 is 0. The summed E-state index contributed by atoms with van der Waals surface area (Å²) in [6.45, 7) is 7.46. The van der Waals surface area contributed by atoms with Crippen molar-refractivity contribution in [3.05, 3.63) is 29.8 Å². The maximum atomic E-state index is 6.13. The van der Waals surface area contributed by atoms with Crippen LogP contribution in [0.1, 0.15) is 44.6 Å². The number of hydrogen-bond donors (Lipinski definition) is 1. The first-order valence-corrected chi connectivity index (χ1v) is 7.71. The van der Waals surface area contributed by atoms with Gasteiger partial charge in [-0.15, -0.1) is 0 Å². The fourth-order valence-electron chi connectivity index (χ4n) is 3.42. The molecule has 2 nitrogen and oxygen atoms in total. The van der Waals surface area contributed by atoms with E-state index in [2.05, 4.69) is 43.0 Å². The summed E-state index contributed by atoms with van der Waals surface area (Å²) in [5, 5.41) is 0. The van der Waals surface area contributed by atoms with Crippen LogP contribution in [0, 0.1) is 12.3 Å². The lowest BCUT2D eigenvalue weighted by atomic mass is 9.73. The second kappa shape index (κ2) is 6.42. The van der Waals surface area contributed by atoms with Gasteiger partial charge in [0, 0.05) is 24.2 Å². The Morgan fingerprint density at radius 1 is 1.16 bits per heavy atom. The van der Waals surface area contributed by atoms with Gasteiger partial charge >= 0.3 is 0 Å². The molecule has 1 aromatic rings. The van der Waals surface area contributed by atoms with Gasteiger partial charge in [0.25, 0.3) is 0 Å². The normalized spacial score (nSPS) is 18.3. The third-order valence-corrected chi connectivity index (χ3v) is 4.71. The maximum absolute atomic E-state index is 6.13. The van der Waals surface area contributed by atoms with Crippen LogP contribution in [0.15, 0.2) is 24.3 Å². The monoisotopic (exact) mass is 260 g/mol. The first kappa shape index (κ1) is 14.4. The zero-order valence-electron chi connectivity index (χ0n) is 12.5. The molecule has 0 aliphatic heterocycles. The largest absolute Gasteiger partial charge is 0.371 e. The molecule has 0 spiro atoms. The molecular formula is C17H28N2. The molecule has 0 unspecified atom stereocenters. The van der Waals surface area contributed by atoms with Gasteiger partial charge in [-0.25, -0.2) is 0 Å². The van der Waals surface area contributed by atoms with E-state index < -0.39 is 0 Å². The minimum atomic E-state index is 0.344. The van der Waals surface area contributed by atoms with Gasteiger partial charge in [-0.1, -0.05) is 37.5 Å². The molecule has 0 atom stereocenters. The summed E-state index contributed by atoms with van der Waals surface area (Å²) in [7, 11) is 0. The van der Waals surface area contributed by atoms with Crippen molar-refractivity contribution < 1.29 is 0 Å². The van der Waals surface area contributed by atoms with Crippen molar-refractivity contribution >= 4 is 5.69 Å². The van der Waals surface area contributed by atoms with Gasteiger partial charge < -0.3 is 10.6 Å².